The van der Waals surface area contributed by atoms with Crippen molar-refractivity contribution in [3.8, 4) is 0 Å². The number of carbonyl (C=O) groups excluding carboxylic acids is 1. The fraction of sp³-hybridized carbons (Fsp3) is 0.471. The van der Waals surface area contributed by atoms with Crippen LogP contribution in [0.1, 0.15) is 59.5 Å². The van der Waals surface area contributed by atoms with Gasteiger partial charge in [-0.05, 0) is 49.8 Å². The minimum absolute atomic E-state index is 0.187. The molecule has 0 spiro atoms. The molecule has 1 atom stereocenters. The Labute approximate surface area is 134 Å². The number of aromatic amines is 1. The molecule has 0 saturated heterocycles. The van der Waals surface area contributed by atoms with Crippen molar-refractivity contribution in [2.24, 2.45) is 5.92 Å². The van der Waals surface area contributed by atoms with E-state index in [4.69, 9.17) is 0 Å². The smallest absolute Gasteiger partial charge is 0.272 e. The number of pyridine rings is 1. The lowest BCUT2D eigenvalue weighted by Gasteiger charge is -2.37. The van der Waals surface area contributed by atoms with E-state index in [9.17, 15) is 9.90 Å². The van der Waals surface area contributed by atoms with Crippen LogP contribution in [0.15, 0.2) is 30.5 Å². The van der Waals surface area contributed by atoms with Gasteiger partial charge in [-0.25, -0.2) is 0 Å². The molecule has 0 bridgehead atoms. The van der Waals surface area contributed by atoms with Gasteiger partial charge in [0.05, 0.1) is 17.8 Å². The van der Waals surface area contributed by atoms with Crippen LogP contribution < -0.4 is 5.32 Å². The van der Waals surface area contributed by atoms with Crippen LogP contribution in [0.3, 0.4) is 0 Å². The molecule has 0 unspecified atom stereocenters. The van der Waals surface area contributed by atoms with Gasteiger partial charge in [0.25, 0.3) is 5.91 Å². The molecule has 0 aliphatic heterocycles. The highest BCUT2D eigenvalue weighted by Gasteiger charge is 2.37. The second-order valence-electron chi connectivity index (χ2n) is 6.57. The van der Waals surface area contributed by atoms with Gasteiger partial charge in [0, 0.05) is 17.8 Å². The number of aliphatic hydroxyl groups is 1. The summed E-state index contributed by atoms with van der Waals surface area (Å²) >= 11 is 0. The van der Waals surface area contributed by atoms with Crippen molar-refractivity contribution in [1.82, 2.24) is 20.5 Å². The molecule has 0 radical (unpaired) electrons. The second kappa shape index (κ2) is 5.77. The molecule has 23 heavy (non-hydrogen) atoms. The van der Waals surface area contributed by atoms with Gasteiger partial charge >= 0.3 is 0 Å². The molecule has 3 N–H and O–H groups in total. The Morgan fingerprint density at radius 1 is 1.35 bits per heavy atom. The van der Waals surface area contributed by atoms with Gasteiger partial charge in [0.15, 0.2) is 0 Å². The highest BCUT2D eigenvalue weighted by atomic mass is 16.3. The first kappa shape index (κ1) is 14.4. The summed E-state index contributed by atoms with van der Waals surface area (Å²) in [6.07, 6.45) is 5.17. The SMILES string of the molecule is O=C(N[C@@H](c1ccccn1)C1CC(O)C1)c1cc(C2CC2)[nH]n1. The number of carbonyl (C=O) groups is 1. The number of amides is 1. The van der Waals surface area contributed by atoms with Crippen molar-refractivity contribution in [2.45, 2.75) is 43.7 Å². The summed E-state index contributed by atoms with van der Waals surface area (Å²) in [7, 11) is 0. The Morgan fingerprint density at radius 3 is 2.83 bits per heavy atom. The number of hydrogen-bond acceptors (Lipinski definition) is 4. The number of aliphatic hydroxyl groups excluding tert-OH is 1. The lowest BCUT2D eigenvalue weighted by molar-refractivity contribution is 0.0227. The van der Waals surface area contributed by atoms with Crippen LogP contribution in [0.4, 0.5) is 0 Å². The van der Waals surface area contributed by atoms with E-state index in [-0.39, 0.29) is 24.0 Å². The van der Waals surface area contributed by atoms with Gasteiger partial charge < -0.3 is 10.4 Å². The van der Waals surface area contributed by atoms with Gasteiger partial charge in [-0.1, -0.05) is 6.07 Å². The molecule has 2 aromatic rings. The summed E-state index contributed by atoms with van der Waals surface area (Å²) in [4.78, 5) is 16.9. The van der Waals surface area contributed by atoms with Crippen LogP contribution in [0.5, 0.6) is 0 Å². The van der Waals surface area contributed by atoms with E-state index in [0.29, 0.717) is 24.5 Å². The van der Waals surface area contributed by atoms with Crippen molar-refractivity contribution in [1.29, 1.82) is 0 Å². The van der Waals surface area contributed by atoms with E-state index in [1.165, 1.54) is 12.8 Å². The second-order valence-corrected chi connectivity index (χ2v) is 6.57. The first-order valence-corrected chi connectivity index (χ1v) is 8.16. The van der Waals surface area contributed by atoms with Crippen molar-refractivity contribution in [3.05, 3.63) is 47.5 Å². The molecule has 2 fully saturated rings. The maximum atomic E-state index is 12.5. The van der Waals surface area contributed by atoms with Crippen LogP contribution in [-0.2, 0) is 0 Å². The number of nitrogens with one attached hydrogen (secondary N) is 2. The molecule has 120 valence electrons. The zero-order valence-electron chi connectivity index (χ0n) is 12.8. The predicted octanol–water partition coefficient (Wildman–Crippen LogP) is 1.92. The zero-order valence-corrected chi connectivity index (χ0v) is 12.8. The monoisotopic (exact) mass is 312 g/mol. The minimum atomic E-state index is -0.269. The molecular formula is C17H20N4O2. The first-order chi connectivity index (χ1) is 11.2. The summed E-state index contributed by atoms with van der Waals surface area (Å²) in [5.74, 6) is 0.563. The molecule has 2 aliphatic carbocycles. The van der Waals surface area contributed by atoms with E-state index in [1.807, 2.05) is 24.3 Å². The van der Waals surface area contributed by atoms with E-state index in [0.717, 1.165) is 11.4 Å². The van der Waals surface area contributed by atoms with Crippen LogP contribution >= 0.6 is 0 Å². The van der Waals surface area contributed by atoms with Gasteiger partial charge in [0.1, 0.15) is 5.69 Å². The highest BCUT2D eigenvalue weighted by Crippen LogP contribution is 2.39. The summed E-state index contributed by atoms with van der Waals surface area (Å²) in [5.41, 5.74) is 2.30. The number of aromatic nitrogens is 3. The van der Waals surface area contributed by atoms with Crippen molar-refractivity contribution >= 4 is 5.91 Å². The van der Waals surface area contributed by atoms with Crippen LogP contribution in [0.25, 0.3) is 0 Å². The lowest BCUT2D eigenvalue weighted by atomic mass is 9.76. The van der Waals surface area contributed by atoms with Crippen LogP contribution in [0.2, 0.25) is 0 Å². The Morgan fingerprint density at radius 2 is 2.17 bits per heavy atom. The summed E-state index contributed by atoms with van der Waals surface area (Å²) < 4.78 is 0. The van der Waals surface area contributed by atoms with Crippen LogP contribution in [-0.4, -0.2) is 32.3 Å². The molecule has 6 heteroatoms. The largest absolute Gasteiger partial charge is 0.393 e. The summed E-state index contributed by atoms with van der Waals surface area (Å²) in [5, 5.41) is 19.7. The molecule has 2 heterocycles. The molecule has 4 rings (SSSR count). The number of rotatable bonds is 5. The Hall–Kier alpha value is -2.21. The predicted molar refractivity (Wildman–Crippen MR) is 83.7 cm³/mol. The van der Waals surface area contributed by atoms with Gasteiger partial charge in [-0.15, -0.1) is 0 Å². The normalized spacial score (nSPS) is 24.7. The first-order valence-electron chi connectivity index (χ1n) is 8.16. The fourth-order valence-corrected chi connectivity index (χ4v) is 3.17. The van der Waals surface area contributed by atoms with Crippen LogP contribution in [0, 0.1) is 5.92 Å². The van der Waals surface area contributed by atoms with Gasteiger partial charge in [-0.2, -0.15) is 5.10 Å². The molecule has 2 saturated carbocycles. The quantitative estimate of drug-likeness (QED) is 0.786. The van der Waals surface area contributed by atoms with E-state index in [1.54, 1.807) is 6.20 Å². The molecule has 2 aliphatic rings. The number of hydrogen-bond donors (Lipinski definition) is 3. The third kappa shape index (κ3) is 2.99. The lowest BCUT2D eigenvalue weighted by Crippen LogP contribution is -2.41. The molecule has 0 aromatic carbocycles. The molecule has 1 amide bonds. The van der Waals surface area contributed by atoms with Crippen molar-refractivity contribution in [2.75, 3.05) is 0 Å². The molecule has 2 aromatic heterocycles. The highest BCUT2D eigenvalue weighted by molar-refractivity contribution is 5.92. The average molecular weight is 312 g/mol. The maximum Gasteiger partial charge on any atom is 0.272 e. The minimum Gasteiger partial charge on any atom is -0.393 e. The van der Waals surface area contributed by atoms with Crippen molar-refractivity contribution in [3.63, 3.8) is 0 Å². The Kier molecular flexibility index (Phi) is 3.61. The number of nitrogens with zero attached hydrogens (tertiary/aromatic N) is 2. The van der Waals surface area contributed by atoms with E-state index < -0.39 is 0 Å². The summed E-state index contributed by atoms with van der Waals surface area (Å²) in [6.45, 7) is 0. The average Bonchev–Trinajstić information content (AvgIpc) is 3.27. The van der Waals surface area contributed by atoms with Crippen molar-refractivity contribution < 1.29 is 9.90 Å². The zero-order chi connectivity index (χ0) is 15.8. The van der Waals surface area contributed by atoms with Gasteiger partial charge in [0.2, 0.25) is 0 Å². The Balaban J connectivity index is 1.51. The number of H-pyrrole nitrogens is 1. The molecule has 6 nitrogen and oxygen atoms in total. The van der Waals surface area contributed by atoms with Gasteiger partial charge in [-0.3, -0.25) is 14.9 Å². The molecular weight excluding hydrogens is 292 g/mol. The maximum absolute atomic E-state index is 12.5. The standard InChI is InChI=1S/C17H20N4O2/c22-12-7-11(8-12)16(13-3-1-2-6-18-13)19-17(23)15-9-14(20-21-15)10-4-5-10/h1-3,6,9-12,16,22H,4-5,7-8H2,(H,19,23)(H,20,21)/t11?,12?,16-/m1/s1. The topological polar surface area (TPSA) is 90.9 Å². The third-order valence-electron chi connectivity index (χ3n) is 4.76. The third-order valence-corrected chi connectivity index (χ3v) is 4.76. The Bertz CT molecular complexity index is 690. The van der Waals surface area contributed by atoms with E-state index in [2.05, 4.69) is 20.5 Å². The fourth-order valence-electron chi connectivity index (χ4n) is 3.17. The summed E-state index contributed by atoms with van der Waals surface area (Å²) in [6, 6.07) is 7.34. The van der Waals surface area contributed by atoms with E-state index >= 15 is 0 Å².